The van der Waals surface area contributed by atoms with Crippen LogP contribution in [-0.4, -0.2) is 44.0 Å². The summed E-state index contributed by atoms with van der Waals surface area (Å²) in [6, 6.07) is 2.06. The summed E-state index contributed by atoms with van der Waals surface area (Å²) in [5.41, 5.74) is -0.533. The number of rotatable bonds is 2. The Morgan fingerprint density at radius 2 is 2.28 bits per heavy atom. The third-order valence-electron chi connectivity index (χ3n) is 2.79. The molecule has 6 nitrogen and oxygen atoms in total. The summed E-state index contributed by atoms with van der Waals surface area (Å²) in [7, 11) is 0. The van der Waals surface area contributed by atoms with E-state index in [0.717, 1.165) is 0 Å². The van der Waals surface area contributed by atoms with E-state index in [4.69, 9.17) is 5.11 Å². The molecule has 2 N–H and O–H groups in total. The number of amides is 1. The highest BCUT2D eigenvalue weighted by Gasteiger charge is 2.40. The fourth-order valence-corrected chi connectivity index (χ4v) is 3.04. The fraction of sp³-hybridized carbons (Fsp3) is 0.364. The number of pyridine rings is 1. The van der Waals surface area contributed by atoms with Crippen molar-refractivity contribution >= 4 is 23.6 Å². The second-order valence-electron chi connectivity index (χ2n) is 3.91. The van der Waals surface area contributed by atoms with Crippen LogP contribution in [0.15, 0.2) is 23.1 Å². The number of hydrogen-bond acceptors (Lipinski definition) is 4. The second-order valence-corrected chi connectivity index (χ2v) is 5.26. The fourth-order valence-electron chi connectivity index (χ4n) is 1.87. The molecule has 96 valence electrons. The van der Waals surface area contributed by atoms with Gasteiger partial charge in [0.05, 0.1) is 5.37 Å². The van der Waals surface area contributed by atoms with Gasteiger partial charge in [0.25, 0.3) is 11.5 Å². The van der Waals surface area contributed by atoms with Crippen molar-refractivity contribution in [1.29, 1.82) is 0 Å². The van der Waals surface area contributed by atoms with Crippen LogP contribution >= 0.6 is 11.8 Å². The maximum atomic E-state index is 12.2. The first-order chi connectivity index (χ1) is 8.52. The molecule has 2 unspecified atom stereocenters. The molecule has 0 aliphatic carbocycles. The molecule has 0 aromatic carbocycles. The first-order valence-electron chi connectivity index (χ1n) is 5.37. The molecule has 0 bridgehead atoms. The van der Waals surface area contributed by atoms with Gasteiger partial charge in [-0.25, -0.2) is 4.79 Å². The van der Waals surface area contributed by atoms with Crippen molar-refractivity contribution in [2.75, 3.05) is 5.75 Å². The SMILES string of the molecule is CC1SCC(C(=O)O)N1C(=O)c1ccc[nH]c1=O. The summed E-state index contributed by atoms with van der Waals surface area (Å²) >= 11 is 1.38. The molecule has 1 fully saturated rings. The van der Waals surface area contributed by atoms with Gasteiger partial charge in [-0.1, -0.05) is 0 Å². The Balaban J connectivity index is 2.36. The molecule has 1 amide bonds. The van der Waals surface area contributed by atoms with Crippen LogP contribution in [0.4, 0.5) is 0 Å². The molecule has 1 aromatic rings. The minimum Gasteiger partial charge on any atom is -0.480 e. The first kappa shape index (κ1) is 12.7. The number of H-pyrrole nitrogens is 1. The van der Waals surface area contributed by atoms with E-state index in [0.29, 0.717) is 5.75 Å². The summed E-state index contributed by atoms with van der Waals surface area (Å²) in [6.07, 6.45) is 1.43. The molecule has 1 aliphatic heterocycles. The highest BCUT2D eigenvalue weighted by Crippen LogP contribution is 2.29. The van der Waals surface area contributed by atoms with E-state index in [-0.39, 0.29) is 10.9 Å². The summed E-state index contributed by atoms with van der Waals surface area (Å²) in [6.45, 7) is 1.75. The van der Waals surface area contributed by atoms with Crippen LogP contribution in [0.25, 0.3) is 0 Å². The van der Waals surface area contributed by atoms with Crippen LogP contribution in [0.5, 0.6) is 0 Å². The Kier molecular flexibility index (Phi) is 3.42. The molecule has 18 heavy (non-hydrogen) atoms. The number of hydrogen-bond donors (Lipinski definition) is 2. The number of carbonyl (C=O) groups is 2. The maximum absolute atomic E-state index is 12.2. The van der Waals surface area contributed by atoms with Crippen molar-refractivity contribution < 1.29 is 14.7 Å². The lowest BCUT2D eigenvalue weighted by Crippen LogP contribution is -2.46. The van der Waals surface area contributed by atoms with Crippen LogP contribution in [0.2, 0.25) is 0 Å². The largest absolute Gasteiger partial charge is 0.480 e. The quantitative estimate of drug-likeness (QED) is 0.808. The monoisotopic (exact) mass is 268 g/mol. The van der Waals surface area contributed by atoms with Gasteiger partial charge in [-0.2, -0.15) is 0 Å². The number of aliphatic carboxylic acids is 1. The average Bonchev–Trinajstić information content (AvgIpc) is 2.71. The molecule has 1 aromatic heterocycles. The van der Waals surface area contributed by atoms with E-state index in [9.17, 15) is 14.4 Å². The second kappa shape index (κ2) is 4.85. The first-order valence-corrected chi connectivity index (χ1v) is 6.42. The van der Waals surface area contributed by atoms with Gasteiger partial charge in [0.1, 0.15) is 11.6 Å². The van der Waals surface area contributed by atoms with Crippen molar-refractivity contribution in [3.05, 3.63) is 34.2 Å². The molecule has 0 spiro atoms. The standard InChI is InChI=1S/C11H12N2O4S/c1-6-13(8(5-18-6)11(16)17)10(15)7-3-2-4-12-9(7)14/h2-4,6,8H,5H2,1H3,(H,12,14)(H,16,17). The van der Waals surface area contributed by atoms with Crippen molar-refractivity contribution in [2.45, 2.75) is 18.3 Å². The Morgan fingerprint density at radius 3 is 2.89 bits per heavy atom. The number of carboxylic acid groups (broad SMARTS) is 1. The van der Waals surface area contributed by atoms with Crippen LogP contribution in [0.3, 0.4) is 0 Å². The van der Waals surface area contributed by atoms with Crippen LogP contribution in [-0.2, 0) is 4.79 Å². The smallest absolute Gasteiger partial charge is 0.327 e. The number of carboxylic acids is 1. The van der Waals surface area contributed by atoms with Crippen molar-refractivity contribution in [3.8, 4) is 0 Å². The number of nitrogens with one attached hydrogen (secondary N) is 1. The molecule has 1 aliphatic rings. The van der Waals surface area contributed by atoms with Gasteiger partial charge in [0.2, 0.25) is 0 Å². The van der Waals surface area contributed by atoms with E-state index in [1.807, 2.05) is 0 Å². The third kappa shape index (κ3) is 2.13. The van der Waals surface area contributed by atoms with E-state index in [2.05, 4.69) is 4.98 Å². The normalized spacial score (nSPS) is 23.1. The number of nitrogens with zero attached hydrogens (tertiary/aromatic N) is 1. The predicted molar refractivity (Wildman–Crippen MR) is 66.6 cm³/mol. The van der Waals surface area contributed by atoms with Crippen LogP contribution in [0.1, 0.15) is 17.3 Å². The summed E-state index contributed by atoms with van der Waals surface area (Å²) < 4.78 is 0. The average molecular weight is 268 g/mol. The molecule has 0 radical (unpaired) electrons. The summed E-state index contributed by atoms with van der Waals surface area (Å²) in [4.78, 5) is 38.5. The van der Waals surface area contributed by atoms with Gasteiger partial charge in [-0.15, -0.1) is 11.8 Å². The highest BCUT2D eigenvalue weighted by atomic mass is 32.2. The third-order valence-corrected chi connectivity index (χ3v) is 4.01. The van der Waals surface area contributed by atoms with Gasteiger partial charge in [0.15, 0.2) is 0 Å². The molecule has 1 saturated heterocycles. The molecule has 2 heterocycles. The Bertz CT molecular complexity index is 542. The molecular formula is C11H12N2O4S. The Hall–Kier alpha value is -1.76. The zero-order valence-corrected chi connectivity index (χ0v) is 10.4. The molecule has 2 rings (SSSR count). The van der Waals surface area contributed by atoms with Gasteiger partial charge >= 0.3 is 5.97 Å². The number of aromatic amines is 1. The zero-order chi connectivity index (χ0) is 13.3. The summed E-state index contributed by atoms with van der Waals surface area (Å²) in [5.74, 6) is -1.25. The number of carbonyl (C=O) groups excluding carboxylic acids is 1. The topological polar surface area (TPSA) is 90.5 Å². The number of aromatic nitrogens is 1. The van der Waals surface area contributed by atoms with Crippen LogP contribution in [0, 0.1) is 0 Å². The van der Waals surface area contributed by atoms with Crippen molar-refractivity contribution in [3.63, 3.8) is 0 Å². The molecular weight excluding hydrogens is 256 g/mol. The Morgan fingerprint density at radius 1 is 1.56 bits per heavy atom. The minimum absolute atomic E-state index is 0.0295. The minimum atomic E-state index is -1.05. The lowest BCUT2D eigenvalue weighted by molar-refractivity contribution is -0.141. The van der Waals surface area contributed by atoms with E-state index in [1.165, 1.54) is 35.0 Å². The molecule has 0 saturated carbocycles. The van der Waals surface area contributed by atoms with Gasteiger partial charge in [-0.3, -0.25) is 9.59 Å². The van der Waals surface area contributed by atoms with E-state index < -0.39 is 23.5 Å². The van der Waals surface area contributed by atoms with Gasteiger partial charge in [0, 0.05) is 11.9 Å². The lowest BCUT2D eigenvalue weighted by Gasteiger charge is -2.24. The maximum Gasteiger partial charge on any atom is 0.327 e. The van der Waals surface area contributed by atoms with Crippen molar-refractivity contribution in [2.24, 2.45) is 0 Å². The molecule has 2 atom stereocenters. The van der Waals surface area contributed by atoms with Crippen molar-refractivity contribution in [1.82, 2.24) is 9.88 Å². The van der Waals surface area contributed by atoms with Crippen LogP contribution < -0.4 is 5.56 Å². The van der Waals surface area contributed by atoms with E-state index in [1.54, 1.807) is 6.92 Å². The van der Waals surface area contributed by atoms with Gasteiger partial charge < -0.3 is 15.0 Å². The molecule has 7 heteroatoms. The lowest BCUT2D eigenvalue weighted by atomic mass is 10.2. The van der Waals surface area contributed by atoms with E-state index >= 15 is 0 Å². The Labute approximate surface area is 107 Å². The zero-order valence-electron chi connectivity index (χ0n) is 9.62. The predicted octanol–water partition coefficient (Wildman–Crippen LogP) is 0.363. The number of thioether (sulfide) groups is 1. The highest BCUT2D eigenvalue weighted by molar-refractivity contribution is 8.00. The summed E-state index contributed by atoms with van der Waals surface area (Å²) in [5, 5.41) is 8.82. The van der Waals surface area contributed by atoms with Gasteiger partial charge in [-0.05, 0) is 19.1 Å².